The number of nitrogens with two attached hydrogens (primary N) is 1. The zero-order valence-corrected chi connectivity index (χ0v) is 6.57. The minimum atomic E-state index is -0.611. The van der Waals surface area contributed by atoms with E-state index in [2.05, 4.69) is 15.0 Å². The largest absolute Gasteiger partial charge is 0.468 e. The average Bonchev–Trinajstić information content (AvgIpc) is 2.66. The van der Waals surface area contributed by atoms with Gasteiger partial charge in [-0.3, -0.25) is 4.79 Å². The Balaban J connectivity index is 2.31. The second-order valence-electron chi connectivity index (χ2n) is 2.75. The van der Waals surface area contributed by atoms with Crippen molar-refractivity contribution < 1.29 is 9.53 Å². The van der Waals surface area contributed by atoms with Gasteiger partial charge in [-0.2, -0.15) is 10.2 Å². The Bertz CT molecular complexity index is 196. The number of hydrogen-bond donors (Lipinski definition) is 1. The maximum absolute atomic E-state index is 10.8. The normalized spacial score (nSPS) is 21.0. The second-order valence-corrected chi connectivity index (χ2v) is 2.75. The summed E-state index contributed by atoms with van der Waals surface area (Å²) in [6.07, 6.45) is 0.430. The fraction of sp³-hybridized carbons (Fsp3) is 0.833. The summed E-state index contributed by atoms with van der Waals surface area (Å²) in [6.45, 7) is 1.82. The van der Waals surface area contributed by atoms with Crippen molar-refractivity contribution in [1.29, 1.82) is 0 Å². The van der Waals surface area contributed by atoms with Crippen molar-refractivity contribution in [3.05, 3.63) is 0 Å². The van der Waals surface area contributed by atoms with Crippen LogP contribution in [0.3, 0.4) is 0 Å². The fourth-order valence-electron chi connectivity index (χ4n) is 0.818. The van der Waals surface area contributed by atoms with E-state index in [-0.39, 0.29) is 0 Å². The van der Waals surface area contributed by atoms with E-state index in [4.69, 9.17) is 5.73 Å². The zero-order valence-electron chi connectivity index (χ0n) is 6.57. The van der Waals surface area contributed by atoms with Gasteiger partial charge >= 0.3 is 5.97 Å². The average molecular weight is 157 g/mol. The molecule has 1 heterocycles. The SMILES string of the molecule is COC(=O)[C@H](N)CC1(C)N=N1. The lowest BCUT2D eigenvalue weighted by molar-refractivity contribution is -0.142. The highest BCUT2D eigenvalue weighted by molar-refractivity contribution is 5.75. The smallest absolute Gasteiger partial charge is 0.322 e. The molecule has 1 atom stereocenters. The molecule has 0 radical (unpaired) electrons. The highest BCUT2D eigenvalue weighted by atomic mass is 16.5. The fourth-order valence-corrected chi connectivity index (χ4v) is 0.818. The number of rotatable bonds is 3. The van der Waals surface area contributed by atoms with Crippen molar-refractivity contribution in [2.75, 3.05) is 7.11 Å². The summed E-state index contributed by atoms with van der Waals surface area (Å²) in [6, 6.07) is -0.611. The van der Waals surface area contributed by atoms with Gasteiger partial charge in [-0.05, 0) is 6.92 Å². The number of carbonyl (C=O) groups excluding carboxylic acids is 1. The van der Waals surface area contributed by atoms with Crippen molar-refractivity contribution in [3.8, 4) is 0 Å². The first kappa shape index (κ1) is 8.13. The van der Waals surface area contributed by atoms with E-state index in [1.807, 2.05) is 6.92 Å². The van der Waals surface area contributed by atoms with Gasteiger partial charge in [-0.25, -0.2) is 0 Å². The van der Waals surface area contributed by atoms with Crippen LogP contribution in [0.2, 0.25) is 0 Å². The number of esters is 1. The van der Waals surface area contributed by atoms with E-state index >= 15 is 0 Å². The van der Waals surface area contributed by atoms with Gasteiger partial charge < -0.3 is 10.5 Å². The first-order chi connectivity index (χ1) is 5.07. The number of nitrogens with zero attached hydrogens (tertiary/aromatic N) is 2. The van der Waals surface area contributed by atoms with Gasteiger partial charge in [0.25, 0.3) is 0 Å². The molecule has 0 fully saturated rings. The summed E-state index contributed by atoms with van der Waals surface area (Å²) in [5.74, 6) is -0.413. The minimum Gasteiger partial charge on any atom is -0.468 e. The van der Waals surface area contributed by atoms with E-state index < -0.39 is 17.7 Å². The van der Waals surface area contributed by atoms with Gasteiger partial charge in [0, 0.05) is 6.42 Å². The standard InChI is InChI=1S/C6H11N3O2/c1-6(8-9-6)3-4(7)5(10)11-2/h4H,3,7H2,1-2H3/t4-/m1/s1. The predicted octanol–water partition coefficient (Wildman–Crippen LogP) is 0.0588. The Kier molecular flexibility index (Phi) is 1.90. The molecule has 1 rings (SSSR count). The lowest BCUT2D eigenvalue weighted by atomic mass is 10.1. The molecule has 0 aliphatic carbocycles. The Labute approximate surface area is 64.6 Å². The number of carbonyl (C=O) groups is 1. The molecule has 0 aromatic heterocycles. The number of hydrogen-bond acceptors (Lipinski definition) is 5. The third-order valence-corrected chi connectivity index (χ3v) is 1.55. The summed E-state index contributed by atoms with van der Waals surface area (Å²) in [4.78, 5) is 10.8. The van der Waals surface area contributed by atoms with E-state index in [0.29, 0.717) is 6.42 Å². The van der Waals surface area contributed by atoms with Crippen LogP contribution in [0.1, 0.15) is 13.3 Å². The molecule has 0 amide bonds. The molecule has 11 heavy (non-hydrogen) atoms. The molecule has 5 heteroatoms. The van der Waals surface area contributed by atoms with Crippen LogP contribution in [0.5, 0.6) is 0 Å². The lowest BCUT2D eigenvalue weighted by Crippen LogP contribution is -2.35. The molecule has 1 aliphatic rings. The summed E-state index contributed by atoms with van der Waals surface area (Å²) in [7, 11) is 1.31. The predicted molar refractivity (Wildman–Crippen MR) is 37.9 cm³/mol. The van der Waals surface area contributed by atoms with Crippen molar-refractivity contribution in [3.63, 3.8) is 0 Å². The maximum Gasteiger partial charge on any atom is 0.322 e. The van der Waals surface area contributed by atoms with Crippen LogP contribution in [-0.4, -0.2) is 24.8 Å². The third-order valence-electron chi connectivity index (χ3n) is 1.55. The second kappa shape index (κ2) is 2.58. The molecule has 5 nitrogen and oxygen atoms in total. The molecule has 0 aromatic carbocycles. The number of ether oxygens (including phenoxy) is 1. The zero-order chi connectivity index (χ0) is 8.48. The van der Waals surface area contributed by atoms with Gasteiger partial charge in [0.1, 0.15) is 6.04 Å². The van der Waals surface area contributed by atoms with E-state index in [1.165, 1.54) is 7.11 Å². The maximum atomic E-state index is 10.8. The van der Waals surface area contributed by atoms with E-state index in [1.54, 1.807) is 0 Å². The minimum absolute atomic E-state index is 0.413. The van der Waals surface area contributed by atoms with Crippen LogP contribution in [0, 0.1) is 0 Å². The molecular weight excluding hydrogens is 146 g/mol. The topological polar surface area (TPSA) is 77.0 Å². The van der Waals surface area contributed by atoms with E-state index in [9.17, 15) is 4.79 Å². The van der Waals surface area contributed by atoms with Crippen LogP contribution in [0.4, 0.5) is 0 Å². The molecule has 1 aliphatic heterocycles. The first-order valence-electron chi connectivity index (χ1n) is 3.35. The Morgan fingerprint density at radius 3 is 2.64 bits per heavy atom. The molecular formula is C6H11N3O2. The Morgan fingerprint density at radius 1 is 1.73 bits per heavy atom. The third kappa shape index (κ3) is 1.98. The molecule has 0 aromatic rings. The quantitative estimate of drug-likeness (QED) is 0.588. The first-order valence-corrected chi connectivity index (χ1v) is 3.35. The van der Waals surface area contributed by atoms with Crippen LogP contribution in [-0.2, 0) is 9.53 Å². The molecule has 0 saturated heterocycles. The van der Waals surface area contributed by atoms with Gasteiger partial charge in [0.15, 0.2) is 5.66 Å². The van der Waals surface area contributed by atoms with Crippen LogP contribution < -0.4 is 5.73 Å². The van der Waals surface area contributed by atoms with E-state index in [0.717, 1.165) is 0 Å². The van der Waals surface area contributed by atoms with Crippen molar-refractivity contribution >= 4 is 5.97 Å². The molecule has 62 valence electrons. The summed E-state index contributed by atoms with van der Waals surface area (Å²) in [5, 5.41) is 7.46. The van der Waals surface area contributed by atoms with Crippen LogP contribution >= 0.6 is 0 Å². The van der Waals surface area contributed by atoms with Crippen molar-refractivity contribution in [2.45, 2.75) is 25.0 Å². The Morgan fingerprint density at radius 2 is 2.27 bits per heavy atom. The molecule has 0 spiro atoms. The highest BCUT2D eigenvalue weighted by Gasteiger charge is 2.37. The lowest BCUT2D eigenvalue weighted by Gasteiger charge is -2.09. The van der Waals surface area contributed by atoms with Crippen LogP contribution in [0.15, 0.2) is 10.2 Å². The van der Waals surface area contributed by atoms with Gasteiger partial charge in [-0.1, -0.05) is 0 Å². The van der Waals surface area contributed by atoms with Gasteiger partial charge in [0.2, 0.25) is 0 Å². The molecule has 0 unspecified atom stereocenters. The summed E-state index contributed by atoms with van der Waals surface area (Å²) in [5.41, 5.74) is 5.04. The highest BCUT2D eigenvalue weighted by Crippen LogP contribution is 2.31. The molecule has 2 N–H and O–H groups in total. The molecule has 0 saturated carbocycles. The number of methoxy groups -OCH3 is 1. The van der Waals surface area contributed by atoms with Crippen molar-refractivity contribution in [1.82, 2.24) is 0 Å². The molecule has 0 bridgehead atoms. The van der Waals surface area contributed by atoms with Gasteiger partial charge in [-0.15, -0.1) is 0 Å². The summed E-state index contributed by atoms with van der Waals surface area (Å²) >= 11 is 0. The summed E-state index contributed by atoms with van der Waals surface area (Å²) < 4.78 is 4.44. The van der Waals surface area contributed by atoms with Crippen molar-refractivity contribution in [2.24, 2.45) is 16.0 Å². The van der Waals surface area contributed by atoms with Gasteiger partial charge in [0.05, 0.1) is 7.11 Å². The van der Waals surface area contributed by atoms with Crippen LogP contribution in [0.25, 0.3) is 0 Å². The monoisotopic (exact) mass is 157 g/mol. The Hall–Kier alpha value is -0.970.